The van der Waals surface area contributed by atoms with Crippen molar-refractivity contribution < 1.29 is 4.79 Å². The standard InChI is InChI=1S/C16H16ClN3OS/c17-13-7-18-4-1-14(13)20-9-12(10-20)16(21)19-5-2-15-11(8-19)3-6-22-15/h1,3-4,6-7,12H,2,5,8-10H2. The largest absolute Gasteiger partial charge is 0.369 e. The minimum Gasteiger partial charge on any atom is -0.369 e. The maximum absolute atomic E-state index is 12.6. The summed E-state index contributed by atoms with van der Waals surface area (Å²) in [6, 6.07) is 4.05. The zero-order chi connectivity index (χ0) is 15.1. The van der Waals surface area contributed by atoms with Crippen molar-refractivity contribution in [1.82, 2.24) is 9.88 Å². The van der Waals surface area contributed by atoms with E-state index in [1.807, 2.05) is 11.0 Å². The lowest BCUT2D eigenvalue weighted by Crippen LogP contribution is -2.55. The Morgan fingerprint density at radius 1 is 1.36 bits per heavy atom. The molecule has 1 saturated heterocycles. The smallest absolute Gasteiger partial charge is 0.229 e. The van der Waals surface area contributed by atoms with Crippen LogP contribution < -0.4 is 4.90 Å². The van der Waals surface area contributed by atoms with Crippen molar-refractivity contribution in [3.63, 3.8) is 0 Å². The number of amides is 1. The minimum absolute atomic E-state index is 0.0874. The minimum atomic E-state index is 0.0874. The Bertz CT molecular complexity index is 711. The van der Waals surface area contributed by atoms with Gasteiger partial charge in [-0.3, -0.25) is 9.78 Å². The van der Waals surface area contributed by atoms with E-state index in [1.165, 1.54) is 10.4 Å². The number of aromatic nitrogens is 1. The van der Waals surface area contributed by atoms with Crippen LogP contribution in [0.15, 0.2) is 29.9 Å². The van der Waals surface area contributed by atoms with Gasteiger partial charge in [0.2, 0.25) is 5.91 Å². The molecule has 0 atom stereocenters. The fourth-order valence-electron chi connectivity index (χ4n) is 3.15. The third-order valence-corrected chi connectivity index (χ3v) is 5.76. The molecule has 2 aromatic heterocycles. The Balaban J connectivity index is 1.39. The summed E-state index contributed by atoms with van der Waals surface area (Å²) in [6.07, 6.45) is 4.37. The van der Waals surface area contributed by atoms with Crippen molar-refractivity contribution in [3.8, 4) is 0 Å². The van der Waals surface area contributed by atoms with E-state index >= 15 is 0 Å². The van der Waals surface area contributed by atoms with E-state index in [0.717, 1.165) is 38.3 Å². The van der Waals surface area contributed by atoms with Gasteiger partial charge in [-0.05, 0) is 29.5 Å². The number of pyridine rings is 1. The zero-order valence-corrected chi connectivity index (χ0v) is 13.6. The maximum Gasteiger partial charge on any atom is 0.229 e. The van der Waals surface area contributed by atoms with Crippen molar-refractivity contribution in [1.29, 1.82) is 0 Å². The molecule has 2 aliphatic rings. The molecule has 4 heterocycles. The van der Waals surface area contributed by atoms with Gasteiger partial charge in [0.1, 0.15) is 0 Å². The monoisotopic (exact) mass is 333 g/mol. The summed E-state index contributed by atoms with van der Waals surface area (Å²) >= 11 is 7.95. The number of carbonyl (C=O) groups excluding carboxylic acids is 1. The van der Waals surface area contributed by atoms with E-state index < -0.39 is 0 Å². The molecule has 2 aromatic rings. The molecule has 0 aliphatic carbocycles. The van der Waals surface area contributed by atoms with Crippen molar-refractivity contribution in [2.75, 3.05) is 24.5 Å². The van der Waals surface area contributed by atoms with Crippen LogP contribution in [0.2, 0.25) is 5.02 Å². The molecule has 6 heteroatoms. The molecule has 1 fully saturated rings. The van der Waals surface area contributed by atoms with Gasteiger partial charge in [0.05, 0.1) is 16.6 Å². The summed E-state index contributed by atoms with van der Waals surface area (Å²) in [5.41, 5.74) is 2.29. The molecule has 0 unspecified atom stereocenters. The van der Waals surface area contributed by atoms with Gasteiger partial charge in [0.25, 0.3) is 0 Å². The van der Waals surface area contributed by atoms with Gasteiger partial charge in [-0.1, -0.05) is 11.6 Å². The summed E-state index contributed by atoms with van der Waals surface area (Å²) in [5, 5.41) is 2.77. The van der Waals surface area contributed by atoms with E-state index in [-0.39, 0.29) is 11.8 Å². The van der Waals surface area contributed by atoms with Gasteiger partial charge in [-0.2, -0.15) is 0 Å². The van der Waals surface area contributed by atoms with E-state index in [4.69, 9.17) is 11.6 Å². The number of fused-ring (bicyclic) bond motifs is 1. The molecule has 0 N–H and O–H groups in total. The molecular weight excluding hydrogens is 318 g/mol. The normalized spacial score (nSPS) is 18.0. The van der Waals surface area contributed by atoms with E-state index in [2.05, 4.69) is 21.3 Å². The molecule has 0 spiro atoms. The van der Waals surface area contributed by atoms with Crippen LogP contribution in [0, 0.1) is 5.92 Å². The molecule has 0 aromatic carbocycles. The third kappa shape index (κ3) is 2.38. The SMILES string of the molecule is O=C(C1CN(c2ccncc2Cl)C1)N1CCc2sccc2C1. The first kappa shape index (κ1) is 14.0. The molecule has 4 nitrogen and oxygen atoms in total. The number of thiophene rings is 1. The number of nitrogens with zero attached hydrogens (tertiary/aromatic N) is 3. The van der Waals surface area contributed by atoms with Crippen molar-refractivity contribution in [3.05, 3.63) is 45.4 Å². The van der Waals surface area contributed by atoms with Gasteiger partial charge < -0.3 is 9.80 Å². The summed E-state index contributed by atoms with van der Waals surface area (Å²) in [5.74, 6) is 0.364. The third-order valence-electron chi connectivity index (χ3n) is 4.44. The quantitative estimate of drug-likeness (QED) is 0.848. The number of hydrogen-bond acceptors (Lipinski definition) is 4. The Labute approximate surface area is 138 Å². The lowest BCUT2D eigenvalue weighted by molar-refractivity contribution is -0.137. The Morgan fingerprint density at radius 2 is 2.23 bits per heavy atom. The highest BCUT2D eigenvalue weighted by Gasteiger charge is 2.37. The van der Waals surface area contributed by atoms with Crippen LogP contribution in [-0.2, 0) is 17.8 Å². The molecule has 2 aliphatic heterocycles. The number of hydrogen-bond donors (Lipinski definition) is 0. The fourth-order valence-corrected chi connectivity index (χ4v) is 4.28. The maximum atomic E-state index is 12.6. The first-order valence-corrected chi connectivity index (χ1v) is 8.66. The molecule has 0 radical (unpaired) electrons. The summed E-state index contributed by atoms with van der Waals surface area (Å²) in [4.78, 5) is 22.2. The molecule has 1 amide bonds. The first-order valence-electron chi connectivity index (χ1n) is 7.41. The average Bonchev–Trinajstić information content (AvgIpc) is 2.95. The van der Waals surface area contributed by atoms with Crippen LogP contribution in [0.4, 0.5) is 5.69 Å². The molecule has 0 saturated carbocycles. The first-order chi connectivity index (χ1) is 10.7. The highest BCUT2D eigenvalue weighted by molar-refractivity contribution is 7.10. The highest BCUT2D eigenvalue weighted by atomic mass is 35.5. The fraction of sp³-hybridized carbons (Fsp3) is 0.375. The van der Waals surface area contributed by atoms with Gasteiger partial charge in [-0.25, -0.2) is 0 Å². The van der Waals surface area contributed by atoms with E-state index in [1.54, 1.807) is 23.7 Å². The van der Waals surface area contributed by atoms with Crippen LogP contribution in [0.3, 0.4) is 0 Å². The van der Waals surface area contributed by atoms with Gasteiger partial charge in [-0.15, -0.1) is 11.3 Å². The van der Waals surface area contributed by atoms with E-state index in [0.29, 0.717) is 5.02 Å². The van der Waals surface area contributed by atoms with Crippen LogP contribution in [-0.4, -0.2) is 35.4 Å². The Kier molecular flexibility index (Phi) is 3.54. The van der Waals surface area contributed by atoms with Gasteiger partial charge >= 0.3 is 0 Å². The van der Waals surface area contributed by atoms with Crippen molar-refractivity contribution in [2.24, 2.45) is 5.92 Å². The van der Waals surface area contributed by atoms with Crippen molar-refractivity contribution in [2.45, 2.75) is 13.0 Å². The molecule has 114 valence electrons. The topological polar surface area (TPSA) is 36.4 Å². The summed E-state index contributed by atoms with van der Waals surface area (Å²) < 4.78 is 0. The number of anilines is 1. The summed E-state index contributed by atoms with van der Waals surface area (Å²) in [7, 11) is 0. The molecule has 4 rings (SSSR count). The lowest BCUT2D eigenvalue weighted by atomic mass is 9.96. The second kappa shape index (κ2) is 5.56. The van der Waals surface area contributed by atoms with Crippen LogP contribution in [0.25, 0.3) is 0 Å². The predicted octanol–water partition coefficient (Wildman–Crippen LogP) is 2.82. The van der Waals surface area contributed by atoms with Crippen LogP contribution in [0.1, 0.15) is 10.4 Å². The number of rotatable bonds is 2. The second-order valence-electron chi connectivity index (χ2n) is 5.81. The van der Waals surface area contributed by atoms with Crippen LogP contribution >= 0.6 is 22.9 Å². The van der Waals surface area contributed by atoms with E-state index in [9.17, 15) is 4.79 Å². The average molecular weight is 334 g/mol. The Morgan fingerprint density at radius 3 is 3.05 bits per heavy atom. The number of carbonyl (C=O) groups is 1. The molecule has 22 heavy (non-hydrogen) atoms. The van der Waals surface area contributed by atoms with Gasteiger partial charge in [0, 0.05) is 43.4 Å². The second-order valence-corrected chi connectivity index (χ2v) is 7.22. The van der Waals surface area contributed by atoms with Crippen molar-refractivity contribution >= 4 is 34.5 Å². The van der Waals surface area contributed by atoms with Crippen LogP contribution in [0.5, 0.6) is 0 Å². The van der Waals surface area contributed by atoms with Gasteiger partial charge in [0.15, 0.2) is 0 Å². The number of halogens is 1. The highest BCUT2D eigenvalue weighted by Crippen LogP contribution is 2.32. The molecule has 0 bridgehead atoms. The zero-order valence-electron chi connectivity index (χ0n) is 12.0. The summed E-state index contributed by atoms with van der Waals surface area (Å²) in [6.45, 7) is 3.11. The predicted molar refractivity (Wildman–Crippen MR) is 88.4 cm³/mol. The Hall–Kier alpha value is -1.59. The molecular formula is C16H16ClN3OS. The lowest BCUT2D eigenvalue weighted by Gasteiger charge is -2.43.